The Bertz CT molecular complexity index is 1260. The van der Waals surface area contributed by atoms with Crippen molar-refractivity contribution in [1.29, 1.82) is 0 Å². The van der Waals surface area contributed by atoms with Gasteiger partial charge in [-0.3, -0.25) is 9.36 Å². The lowest BCUT2D eigenvalue weighted by molar-refractivity contribution is -0.126. The number of morpholine rings is 1. The van der Waals surface area contributed by atoms with Gasteiger partial charge in [0, 0.05) is 38.7 Å². The second-order valence-electron chi connectivity index (χ2n) is 9.87. The molecule has 0 atom stereocenters. The van der Waals surface area contributed by atoms with E-state index in [1.54, 1.807) is 37.4 Å². The van der Waals surface area contributed by atoms with Crippen molar-refractivity contribution in [2.75, 3.05) is 58.1 Å². The second-order valence-corrected chi connectivity index (χ2v) is 9.87. The van der Waals surface area contributed by atoms with Gasteiger partial charge in [-0.25, -0.2) is 13.8 Å². The Morgan fingerprint density at radius 2 is 1.90 bits per heavy atom. The molecule has 39 heavy (non-hydrogen) atoms. The lowest BCUT2D eigenvalue weighted by Crippen LogP contribution is -2.37. The molecule has 1 amide bonds. The van der Waals surface area contributed by atoms with Gasteiger partial charge < -0.3 is 24.4 Å². The minimum atomic E-state index is -2.79. The molecule has 1 saturated heterocycles. The minimum Gasteiger partial charge on any atom is -0.477 e. The summed E-state index contributed by atoms with van der Waals surface area (Å²) in [7, 11) is 1.61. The van der Waals surface area contributed by atoms with Crippen LogP contribution in [0.4, 0.5) is 14.7 Å². The van der Waals surface area contributed by atoms with Gasteiger partial charge >= 0.3 is 0 Å². The Balaban J connectivity index is 1.34. The highest BCUT2D eigenvalue weighted by Gasteiger charge is 2.27. The van der Waals surface area contributed by atoms with Crippen molar-refractivity contribution in [1.82, 2.24) is 24.8 Å². The second kappa shape index (κ2) is 12.6. The van der Waals surface area contributed by atoms with E-state index in [0.717, 1.165) is 25.7 Å². The van der Waals surface area contributed by atoms with Gasteiger partial charge in [-0.2, -0.15) is 9.97 Å². The van der Waals surface area contributed by atoms with Crippen LogP contribution in [0.2, 0.25) is 0 Å². The fraction of sp³-hybridized carbons (Fsp3) is 0.556. The summed E-state index contributed by atoms with van der Waals surface area (Å²) in [5.41, 5.74) is 0.997. The summed E-state index contributed by atoms with van der Waals surface area (Å²) in [6.45, 7) is 3.67. The standard InChI is InChI=1S/C27H34F2N6O4/c1-37-13-10-30-26(36)19-8-6-18(7-9-19)17-39-23-16-22(32-27(33-23)34-11-14-38-15-12-34)35-21-5-3-2-4-20(21)31-25(35)24(28)29/h2-5,16,18-19,24H,6-15,17H2,1H3,(H,30,36). The smallest absolute Gasteiger partial charge is 0.296 e. The number of para-hydroxylation sites is 2. The van der Waals surface area contributed by atoms with Crippen molar-refractivity contribution < 1.29 is 27.8 Å². The number of rotatable bonds is 10. The van der Waals surface area contributed by atoms with Crippen molar-refractivity contribution in [3.8, 4) is 11.7 Å². The highest BCUT2D eigenvalue weighted by Crippen LogP contribution is 2.32. The highest BCUT2D eigenvalue weighted by atomic mass is 19.3. The average Bonchev–Trinajstić information content (AvgIpc) is 3.37. The molecule has 2 aliphatic rings. The monoisotopic (exact) mass is 544 g/mol. The number of nitrogens with one attached hydrogen (secondary N) is 1. The van der Waals surface area contributed by atoms with E-state index in [1.165, 1.54) is 4.57 Å². The molecule has 1 saturated carbocycles. The number of carbonyl (C=O) groups is 1. The molecule has 3 heterocycles. The molecular weight excluding hydrogens is 510 g/mol. The Hall–Kier alpha value is -3.38. The number of halogens is 2. The molecule has 2 aromatic heterocycles. The van der Waals surface area contributed by atoms with E-state index in [-0.39, 0.29) is 29.4 Å². The summed E-state index contributed by atoms with van der Waals surface area (Å²) in [4.78, 5) is 27.8. The van der Waals surface area contributed by atoms with E-state index in [2.05, 4.69) is 20.3 Å². The normalized spacial score (nSPS) is 19.9. The number of ether oxygens (including phenoxy) is 3. The van der Waals surface area contributed by atoms with Gasteiger partial charge in [0.15, 0.2) is 5.82 Å². The van der Waals surface area contributed by atoms with E-state index in [1.807, 2.05) is 4.90 Å². The van der Waals surface area contributed by atoms with E-state index in [0.29, 0.717) is 68.9 Å². The molecule has 1 aliphatic carbocycles. The summed E-state index contributed by atoms with van der Waals surface area (Å²) in [6.07, 6.45) is 0.515. The number of carbonyl (C=O) groups excluding carboxylic acids is 1. The maximum absolute atomic E-state index is 14.1. The first-order valence-corrected chi connectivity index (χ1v) is 13.4. The maximum atomic E-state index is 14.1. The van der Waals surface area contributed by atoms with Crippen LogP contribution in [0.5, 0.6) is 5.88 Å². The topological polar surface area (TPSA) is 104 Å². The van der Waals surface area contributed by atoms with E-state index in [4.69, 9.17) is 14.2 Å². The Morgan fingerprint density at radius 3 is 2.64 bits per heavy atom. The van der Waals surface area contributed by atoms with Crippen molar-refractivity contribution in [3.63, 3.8) is 0 Å². The molecule has 1 aromatic carbocycles. The number of fused-ring (bicyclic) bond motifs is 1. The SMILES string of the molecule is COCCNC(=O)C1CCC(COc2cc(-n3c(C(F)F)nc4ccccc43)nc(N3CCOCC3)n2)CC1. The minimum absolute atomic E-state index is 0.000952. The van der Waals surface area contributed by atoms with Crippen molar-refractivity contribution >= 4 is 22.9 Å². The Labute approximate surface area is 225 Å². The summed E-state index contributed by atoms with van der Waals surface area (Å²) >= 11 is 0. The molecule has 2 fully saturated rings. The van der Waals surface area contributed by atoms with Gasteiger partial charge in [0.2, 0.25) is 17.7 Å². The van der Waals surface area contributed by atoms with Gasteiger partial charge in [0.05, 0.1) is 37.5 Å². The molecule has 0 unspecified atom stereocenters. The van der Waals surface area contributed by atoms with Crippen LogP contribution in [0.1, 0.15) is 37.9 Å². The molecular formula is C27H34F2N6O4. The number of hydrogen-bond donors (Lipinski definition) is 1. The van der Waals surface area contributed by atoms with Crippen LogP contribution in [-0.4, -0.2) is 78.6 Å². The molecule has 0 spiro atoms. The number of aromatic nitrogens is 4. The fourth-order valence-corrected chi connectivity index (χ4v) is 5.14. The van der Waals surface area contributed by atoms with Crippen LogP contribution in [-0.2, 0) is 14.3 Å². The molecule has 0 radical (unpaired) electrons. The van der Waals surface area contributed by atoms with Crippen LogP contribution in [0.25, 0.3) is 16.9 Å². The Morgan fingerprint density at radius 1 is 1.13 bits per heavy atom. The first kappa shape index (κ1) is 27.2. The summed E-state index contributed by atoms with van der Waals surface area (Å²) < 4.78 is 46.1. The first-order chi connectivity index (χ1) is 19.0. The predicted octanol–water partition coefficient (Wildman–Crippen LogP) is 3.54. The number of amides is 1. The van der Waals surface area contributed by atoms with Gasteiger partial charge in [-0.15, -0.1) is 0 Å². The van der Waals surface area contributed by atoms with Crippen molar-refractivity contribution in [3.05, 3.63) is 36.2 Å². The first-order valence-electron chi connectivity index (χ1n) is 13.4. The van der Waals surface area contributed by atoms with Crippen LogP contribution in [0, 0.1) is 11.8 Å². The number of imidazole rings is 1. The maximum Gasteiger partial charge on any atom is 0.296 e. The molecule has 3 aromatic rings. The quantitative estimate of drug-likeness (QED) is 0.387. The number of methoxy groups -OCH3 is 1. The molecule has 10 nitrogen and oxygen atoms in total. The summed E-state index contributed by atoms with van der Waals surface area (Å²) in [5, 5.41) is 2.92. The zero-order valence-electron chi connectivity index (χ0n) is 22.0. The summed E-state index contributed by atoms with van der Waals surface area (Å²) in [6, 6.07) is 8.59. The number of alkyl halides is 2. The van der Waals surface area contributed by atoms with Gasteiger partial charge in [0.25, 0.3) is 6.43 Å². The zero-order valence-corrected chi connectivity index (χ0v) is 22.0. The van der Waals surface area contributed by atoms with Crippen LogP contribution in [0.3, 0.4) is 0 Å². The molecule has 0 bridgehead atoms. The van der Waals surface area contributed by atoms with E-state index < -0.39 is 6.43 Å². The fourth-order valence-electron chi connectivity index (χ4n) is 5.14. The number of hydrogen-bond acceptors (Lipinski definition) is 8. The van der Waals surface area contributed by atoms with Crippen LogP contribution < -0.4 is 15.0 Å². The Kier molecular flexibility index (Phi) is 8.82. The summed E-state index contributed by atoms with van der Waals surface area (Å²) in [5.74, 6) is 0.962. The zero-order chi connectivity index (χ0) is 27.2. The lowest BCUT2D eigenvalue weighted by Gasteiger charge is -2.28. The van der Waals surface area contributed by atoms with Crippen molar-refractivity contribution in [2.45, 2.75) is 32.1 Å². The third-order valence-electron chi connectivity index (χ3n) is 7.27. The molecule has 12 heteroatoms. The largest absolute Gasteiger partial charge is 0.477 e. The average molecular weight is 545 g/mol. The molecule has 1 aliphatic heterocycles. The third kappa shape index (κ3) is 6.44. The van der Waals surface area contributed by atoms with Gasteiger partial charge in [0.1, 0.15) is 5.82 Å². The number of anilines is 1. The van der Waals surface area contributed by atoms with Crippen LogP contribution in [0.15, 0.2) is 30.3 Å². The van der Waals surface area contributed by atoms with Gasteiger partial charge in [-0.05, 0) is 43.7 Å². The highest BCUT2D eigenvalue weighted by molar-refractivity contribution is 5.79. The lowest BCUT2D eigenvalue weighted by atomic mass is 9.82. The third-order valence-corrected chi connectivity index (χ3v) is 7.27. The van der Waals surface area contributed by atoms with Crippen LogP contribution >= 0.6 is 0 Å². The van der Waals surface area contributed by atoms with Gasteiger partial charge in [-0.1, -0.05) is 12.1 Å². The molecule has 1 N–H and O–H groups in total. The molecule has 210 valence electrons. The van der Waals surface area contributed by atoms with E-state index >= 15 is 0 Å². The van der Waals surface area contributed by atoms with Crippen molar-refractivity contribution in [2.24, 2.45) is 11.8 Å². The number of benzene rings is 1. The number of nitrogens with zero attached hydrogens (tertiary/aromatic N) is 5. The van der Waals surface area contributed by atoms with E-state index in [9.17, 15) is 13.6 Å². The molecule has 5 rings (SSSR count). The predicted molar refractivity (Wildman–Crippen MR) is 140 cm³/mol.